The van der Waals surface area contributed by atoms with Crippen LogP contribution in [0.5, 0.6) is 0 Å². The average molecular weight is 319 g/mol. The summed E-state index contributed by atoms with van der Waals surface area (Å²) in [6, 6.07) is 14.7. The highest BCUT2D eigenvalue weighted by molar-refractivity contribution is 5.89. The lowest BCUT2D eigenvalue weighted by Crippen LogP contribution is -2.49. The molecule has 1 fully saturated rings. The largest absolute Gasteiger partial charge is 0.350 e. The van der Waals surface area contributed by atoms with Crippen LogP contribution in [0.25, 0.3) is 10.8 Å². The molecule has 1 amide bonds. The molecule has 0 aromatic heterocycles. The van der Waals surface area contributed by atoms with Crippen molar-refractivity contribution in [2.75, 3.05) is 6.54 Å². The van der Waals surface area contributed by atoms with Crippen LogP contribution in [0.15, 0.2) is 42.5 Å². The first-order valence-electron chi connectivity index (χ1n) is 7.51. The molecule has 0 bridgehead atoms. The highest BCUT2D eigenvalue weighted by Gasteiger charge is 2.45. The fourth-order valence-corrected chi connectivity index (χ4v) is 2.88. The summed E-state index contributed by atoms with van der Waals surface area (Å²) in [6.45, 7) is 4.37. The standard InChI is InChI=1S/C18H22N2O.ClH/c1-18(2,11-19)20-17(21)16-10-15(16)14-9-5-7-12-6-3-4-8-13(12)14;/h3-9,15-16H,10-11,19H2,1-2H3,(H,20,21);1H. The molecular weight excluding hydrogens is 296 g/mol. The van der Waals surface area contributed by atoms with Crippen LogP contribution >= 0.6 is 12.4 Å². The molecule has 2 aromatic carbocycles. The molecule has 0 radical (unpaired) electrons. The zero-order valence-corrected chi connectivity index (χ0v) is 13.8. The van der Waals surface area contributed by atoms with Crippen LogP contribution in [-0.2, 0) is 4.79 Å². The highest BCUT2D eigenvalue weighted by Crippen LogP contribution is 2.49. The third kappa shape index (κ3) is 3.26. The van der Waals surface area contributed by atoms with Gasteiger partial charge >= 0.3 is 0 Å². The van der Waals surface area contributed by atoms with Crippen molar-refractivity contribution in [2.45, 2.75) is 31.7 Å². The molecule has 22 heavy (non-hydrogen) atoms. The average Bonchev–Trinajstić information content (AvgIpc) is 3.27. The van der Waals surface area contributed by atoms with Crippen LogP contribution in [0.2, 0.25) is 0 Å². The summed E-state index contributed by atoms with van der Waals surface area (Å²) < 4.78 is 0. The molecule has 0 spiro atoms. The van der Waals surface area contributed by atoms with Crippen molar-refractivity contribution in [3.05, 3.63) is 48.0 Å². The van der Waals surface area contributed by atoms with E-state index in [9.17, 15) is 4.79 Å². The molecular formula is C18H23ClN2O. The summed E-state index contributed by atoms with van der Waals surface area (Å²) in [5.41, 5.74) is 6.64. The number of carbonyl (C=O) groups excluding carboxylic acids is 1. The fourth-order valence-electron chi connectivity index (χ4n) is 2.88. The maximum atomic E-state index is 12.3. The summed E-state index contributed by atoms with van der Waals surface area (Å²) >= 11 is 0. The lowest BCUT2D eigenvalue weighted by Gasteiger charge is -2.24. The Kier molecular flexibility index (Phi) is 4.78. The van der Waals surface area contributed by atoms with Gasteiger partial charge in [-0.2, -0.15) is 0 Å². The Morgan fingerprint density at radius 3 is 2.64 bits per heavy atom. The van der Waals surface area contributed by atoms with Crippen LogP contribution < -0.4 is 11.1 Å². The molecule has 118 valence electrons. The molecule has 3 nitrogen and oxygen atoms in total. The Labute approximate surface area is 137 Å². The van der Waals surface area contributed by atoms with Gasteiger partial charge in [-0.05, 0) is 42.5 Å². The second-order valence-electron chi connectivity index (χ2n) is 6.59. The van der Waals surface area contributed by atoms with Crippen molar-refractivity contribution in [3.63, 3.8) is 0 Å². The summed E-state index contributed by atoms with van der Waals surface area (Å²) in [5.74, 6) is 0.551. The Morgan fingerprint density at radius 1 is 1.23 bits per heavy atom. The van der Waals surface area contributed by atoms with E-state index in [-0.39, 0.29) is 29.8 Å². The van der Waals surface area contributed by atoms with Gasteiger partial charge in [-0.1, -0.05) is 42.5 Å². The first-order valence-corrected chi connectivity index (χ1v) is 7.51. The van der Waals surface area contributed by atoms with Crippen molar-refractivity contribution in [1.82, 2.24) is 5.32 Å². The predicted octanol–water partition coefficient (Wildman–Crippen LogP) is 3.22. The summed E-state index contributed by atoms with van der Waals surface area (Å²) in [7, 11) is 0. The molecule has 2 unspecified atom stereocenters. The van der Waals surface area contributed by atoms with Crippen molar-refractivity contribution in [1.29, 1.82) is 0 Å². The lowest BCUT2D eigenvalue weighted by molar-refractivity contribution is -0.123. The SMILES string of the molecule is CC(C)(CN)NC(=O)C1CC1c1cccc2ccccc12.Cl. The Hall–Kier alpha value is -1.58. The Balaban J connectivity index is 0.00000176. The zero-order valence-electron chi connectivity index (χ0n) is 13.0. The quantitative estimate of drug-likeness (QED) is 0.909. The van der Waals surface area contributed by atoms with E-state index in [2.05, 4.69) is 41.7 Å². The molecule has 2 atom stereocenters. The summed E-state index contributed by atoms with van der Waals surface area (Å²) in [4.78, 5) is 12.3. The minimum Gasteiger partial charge on any atom is -0.350 e. The van der Waals surface area contributed by atoms with Crippen LogP contribution in [0.3, 0.4) is 0 Å². The molecule has 2 aromatic rings. The Bertz CT molecular complexity index is 678. The predicted molar refractivity (Wildman–Crippen MR) is 93.3 cm³/mol. The highest BCUT2D eigenvalue weighted by atomic mass is 35.5. The zero-order chi connectivity index (χ0) is 15.0. The van der Waals surface area contributed by atoms with Crippen molar-refractivity contribution in [2.24, 2.45) is 11.7 Å². The van der Waals surface area contributed by atoms with E-state index in [1.54, 1.807) is 0 Å². The van der Waals surface area contributed by atoms with E-state index < -0.39 is 0 Å². The van der Waals surface area contributed by atoms with E-state index in [1.807, 2.05) is 19.9 Å². The van der Waals surface area contributed by atoms with Gasteiger partial charge in [0.25, 0.3) is 0 Å². The van der Waals surface area contributed by atoms with Crippen LogP contribution in [0, 0.1) is 5.92 Å². The van der Waals surface area contributed by atoms with Crippen molar-refractivity contribution in [3.8, 4) is 0 Å². The number of hydrogen-bond acceptors (Lipinski definition) is 2. The van der Waals surface area contributed by atoms with E-state index in [4.69, 9.17) is 5.73 Å². The number of carbonyl (C=O) groups is 1. The minimum absolute atomic E-state index is 0. The van der Waals surface area contributed by atoms with Gasteiger partial charge in [-0.25, -0.2) is 0 Å². The minimum atomic E-state index is -0.330. The third-order valence-electron chi connectivity index (χ3n) is 4.32. The van der Waals surface area contributed by atoms with E-state index >= 15 is 0 Å². The smallest absolute Gasteiger partial charge is 0.224 e. The number of benzene rings is 2. The molecule has 1 aliphatic carbocycles. The van der Waals surface area contributed by atoms with Crippen LogP contribution in [0.4, 0.5) is 0 Å². The number of hydrogen-bond donors (Lipinski definition) is 2. The fraction of sp³-hybridized carbons (Fsp3) is 0.389. The van der Waals surface area contributed by atoms with E-state index in [0.717, 1.165) is 6.42 Å². The van der Waals surface area contributed by atoms with Gasteiger partial charge in [0.15, 0.2) is 0 Å². The normalized spacial score (nSPS) is 20.3. The van der Waals surface area contributed by atoms with E-state index in [1.165, 1.54) is 16.3 Å². The van der Waals surface area contributed by atoms with Gasteiger partial charge < -0.3 is 11.1 Å². The molecule has 3 rings (SSSR count). The van der Waals surface area contributed by atoms with Gasteiger partial charge in [0.1, 0.15) is 0 Å². The number of halogens is 1. The maximum absolute atomic E-state index is 12.3. The number of nitrogens with one attached hydrogen (secondary N) is 1. The van der Waals surface area contributed by atoms with Gasteiger partial charge in [0.2, 0.25) is 5.91 Å². The van der Waals surface area contributed by atoms with E-state index in [0.29, 0.717) is 12.5 Å². The lowest BCUT2D eigenvalue weighted by atomic mass is 9.99. The summed E-state index contributed by atoms with van der Waals surface area (Å²) in [6.07, 6.45) is 0.931. The number of amides is 1. The molecule has 3 N–H and O–H groups in total. The summed E-state index contributed by atoms with van der Waals surface area (Å²) in [5, 5.41) is 5.55. The molecule has 0 aliphatic heterocycles. The number of fused-ring (bicyclic) bond motifs is 1. The first kappa shape index (κ1) is 16.8. The monoisotopic (exact) mass is 318 g/mol. The van der Waals surface area contributed by atoms with Gasteiger partial charge in [0.05, 0.1) is 0 Å². The Morgan fingerprint density at radius 2 is 1.91 bits per heavy atom. The van der Waals surface area contributed by atoms with Gasteiger partial charge in [-0.15, -0.1) is 12.4 Å². The van der Waals surface area contributed by atoms with Gasteiger partial charge in [-0.3, -0.25) is 4.79 Å². The van der Waals surface area contributed by atoms with Crippen molar-refractivity contribution >= 4 is 29.1 Å². The number of nitrogens with two attached hydrogens (primary N) is 1. The number of rotatable bonds is 4. The molecule has 0 heterocycles. The molecule has 0 saturated heterocycles. The molecule has 1 saturated carbocycles. The molecule has 4 heteroatoms. The maximum Gasteiger partial charge on any atom is 0.224 e. The molecule has 1 aliphatic rings. The van der Waals surface area contributed by atoms with Crippen LogP contribution in [0.1, 0.15) is 31.7 Å². The topological polar surface area (TPSA) is 55.1 Å². The third-order valence-corrected chi connectivity index (χ3v) is 4.32. The second kappa shape index (κ2) is 6.27. The first-order chi connectivity index (χ1) is 10.0. The van der Waals surface area contributed by atoms with Gasteiger partial charge in [0, 0.05) is 18.0 Å². The van der Waals surface area contributed by atoms with Crippen LogP contribution in [-0.4, -0.2) is 18.0 Å². The van der Waals surface area contributed by atoms with Crippen molar-refractivity contribution < 1.29 is 4.79 Å². The second-order valence-corrected chi connectivity index (χ2v) is 6.59.